The van der Waals surface area contributed by atoms with Gasteiger partial charge in [0.15, 0.2) is 0 Å². The van der Waals surface area contributed by atoms with Gasteiger partial charge in [-0.3, -0.25) is 0 Å². The van der Waals surface area contributed by atoms with Crippen molar-refractivity contribution in [2.24, 2.45) is 0 Å². The summed E-state index contributed by atoms with van der Waals surface area (Å²) in [7, 11) is 0. The molecule has 0 aromatic heterocycles. The molecule has 0 radical (unpaired) electrons. The molecule has 0 fully saturated rings. The number of aryl methyl sites for hydroxylation is 1. The fourth-order valence-corrected chi connectivity index (χ4v) is 4.06. The van der Waals surface area contributed by atoms with Crippen molar-refractivity contribution in [3.8, 4) is 11.5 Å². The van der Waals surface area contributed by atoms with Crippen molar-refractivity contribution in [3.63, 3.8) is 0 Å². The molecule has 0 saturated heterocycles. The topological polar surface area (TPSA) is 29.5 Å². The van der Waals surface area contributed by atoms with Gasteiger partial charge in [0.1, 0.15) is 17.1 Å². The van der Waals surface area contributed by atoms with Crippen molar-refractivity contribution in [3.05, 3.63) is 57.7 Å². The Kier molecular flexibility index (Phi) is 7.25. The number of fused-ring (bicyclic) bond motifs is 1. The Morgan fingerprint density at radius 2 is 1.73 bits per heavy atom. The molecule has 1 aromatic carbocycles. The van der Waals surface area contributed by atoms with Crippen LogP contribution in [0, 0.1) is 13.8 Å². The molecule has 1 aliphatic rings. The average Bonchev–Trinajstić information content (AvgIpc) is 2.67. The maximum Gasteiger partial charge on any atom is 0.126 e. The normalized spacial score (nSPS) is 21.2. The lowest BCUT2D eigenvalue weighted by molar-refractivity contribution is 0.0559. The summed E-state index contributed by atoms with van der Waals surface area (Å²) in [6.45, 7) is 10.3. The Bertz CT molecular complexity index is 918. The average molecular weight is 414 g/mol. The van der Waals surface area contributed by atoms with E-state index in [1.165, 1.54) is 22.8 Å². The van der Waals surface area contributed by atoms with Crippen molar-refractivity contribution in [2.45, 2.75) is 105 Å². The Balaban J connectivity index is 1.94. The van der Waals surface area contributed by atoms with Crippen molar-refractivity contribution >= 4 is 0 Å². The Labute approximate surface area is 189 Å². The molecule has 0 spiro atoms. The van der Waals surface area contributed by atoms with Gasteiger partial charge in [-0.25, -0.2) is 0 Å². The van der Waals surface area contributed by atoms with Crippen LogP contribution in [0.2, 0.25) is 0 Å². The van der Waals surface area contributed by atoms with E-state index in [0.717, 1.165) is 50.5 Å². The van der Waals surface area contributed by atoms with Crippen LogP contribution >= 0.6 is 0 Å². The van der Waals surface area contributed by atoms with Gasteiger partial charge in [0, 0.05) is 9.68 Å². The molecule has 1 aliphatic heterocycles. The van der Waals surface area contributed by atoms with E-state index >= 15 is 0 Å². The van der Waals surface area contributed by atoms with E-state index in [0.29, 0.717) is 17.7 Å². The predicted molar refractivity (Wildman–Crippen MR) is 130 cm³/mol. The minimum atomic E-state index is -2.35. The molecule has 30 heavy (non-hydrogen) atoms. The Hall–Kier alpha value is -1.96. The first-order chi connectivity index (χ1) is 15.3. The lowest BCUT2D eigenvalue weighted by Crippen LogP contribution is -2.36. The third-order valence-electron chi connectivity index (χ3n) is 6.08. The summed E-state index contributed by atoms with van der Waals surface area (Å²) in [5.74, 6) is 0.486. The molecule has 2 rings (SSSR count). The second kappa shape index (κ2) is 10.9. The molecule has 0 unspecified atom stereocenters. The van der Waals surface area contributed by atoms with Crippen LogP contribution < -0.4 is 4.74 Å². The summed E-state index contributed by atoms with van der Waals surface area (Å²) in [5.41, 5.74) is 5.38. The minimum absolute atomic E-state index is 0.0464. The SMILES string of the molecule is [2H]C([2H])([2H])c1c(O)cc(C)c2c1CC[C@@](C)(CC/C=C(\C)CC/C=C(\C)CCC=C(C)C)O2. The zero-order valence-electron chi connectivity index (χ0n) is 22.8. The molecule has 2 heteroatoms. The molecule has 166 valence electrons. The van der Waals surface area contributed by atoms with Gasteiger partial charge in [-0.15, -0.1) is 0 Å². The van der Waals surface area contributed by atoms with Gasteiger partial charge in [-0.1, -0.05) is 34.9 Å². The van der Waals surface area contributed by atoms with Crippen LogP contribution in [0.25, 0.3) is 0 Å². The molecule has 1 aromatic rings. The molecule has 0 amide bonds. The second-order valence-corrected chi connectivity index (χ2v) is 9.45. The molecule has 0 aliphatic carbocycles. The highest BCUT2D eigenvalue weighted by molar-refractivity contribution is 5.53. The molecule has 0 bridgehead atoms. The van der Waals surface area contributed by atoms with E-state index < -0.39 is 6.85 Å². The predicted octanol–water partition coefficient (Wildman–Crippen LogP) is 8.29. The molecule has 0 saturated carbocycles. The molecule has 1 atom stereocenters. The van der Waals surface area contributed by atoms with Crippen molar-refractivity contribution < 1.29 is 14.0 Å². The Morgan fingerprint density at radius 1 is 1.10 bits per heavy atom. The summed E-state index contributed by atoms with van der Waals surface area (Å²) < 4.78 is 29.8. The number of hydrogen-bond donors (Lipinski definition) is 1. The van der Waals surface area contributed by atoms with Gasteiger partial charge in [0.2, 0.25) is 0 Å². The monoisotopic (exact) mass is 413 g/mol. The van der Waals surface area contributed by atoms with Crippen molar-refractivity contribution in [1.82, 2.24) is 0 Å². The van der Waals surface area contributed by atoms with Crippen LogP contribution in [0.3, 0.4) is 0 Å². The highest BCUT2D eigenvalue weighted by Gasteiger charge is 2.33. The van der Waals surface area contributed by atoms with Crippen LogP contribution in [-0.2, 0) is 6.42 Å². The van der Waals surface area contributed by atoms with Crippen LogP contribution in [-0.4, -0.2) is 10.7 Å². The number of ether oxygens (including phenoxy) is 1. The maximum absolute atomic E-state index is 10.3. The van der Waals surface area contributed by atoms with Crippen LogP contribution in [0.1, 0.15) is 100 Å². The van der Waals surface area contributed by atoms with Crippen LogP contribution in [0.4, 0.5) is 0 Å². The van der Waals surface area contributed by atoms with Gasteiger partial charge < -0.3 is 9.84 Å². The van der Waals surface area contributed by atoms with Crippen molar-refractivity contribution in [2.75, 3.05) is 0 Å². The number of phenols is 1. The first kappa shape index (κ1) is 20.0. The van der Waals surface area contributed by atoms with Crippen LogP contribution in [0.5, 0.6) is 11.5 Å². The number of aromatic hydroxyl groups is 1. The van der Waals surface area contributed by atoms with E-state index in [1.54, 1.807) is 0 Å². The summed E-state index contributed by atoms with van der Waals surface area (Å²) in [5, 5.41) is 10.3. The van der Waals surface area contributed by atoms with Crippen molar-refractivity contribution in [1.29, 1.82) is 0 Å². The smallest absolute Gasteiger partial charge is 0.126 e. The first-order valence-corrected chi connectivity index (χ1v) is 11.3. The second-order valence-electron chi connectivity index (χ2n) is 9.45. The fourth-order valence-electron chi connectivity index (χ4n) is 4.06. The number of allylic oxidation sites excluding steroid dienone is 6. The quantitative estimate of drug-likeness (QED) is 0.413. The number of benzene rings is 1. The standard InChI is InChI=1S/C28H42O2/c1-20(2)11-8-12-21(3)13-9-14-22(4)15-10-17-28(7)18-16-25-24(6)26(29)19-23(5)27(25)30-28/h11,13,15,19,29H,8-10,12,14,16-18H2,1-7H3/b21-13+,22-15+/t28-/m1/s1/i6D3. The molecule has 1 N–H and O–H groups in total. The summed E-state index contributed by atoms with van der Waals surface area (Å²) in [6.07, 6.45) is 14.5. The largest absolute Gasteiger partial charge is 0.508 e. The van der Waals surface area contributed by atoms with Gasteiger partial charge in [0.25, 0.3) is 0 Å². The molecule has 1 heterocycles. The van der Waals surface area contributed by atoms with E-state index in [4.69, 9.17) is 8.85 Å². The van der Waals surface area contributed by atoms with Crippen LogP contribution in [0.15, 0.2) is 41.0 Å². The minimum Gasteiger partial charge on any atom is -0.508 e. The number of phenolic OH excluding ortho intramolecular Hbond substituents is 1. The third-order valence-corrected chi connectivity index (χ3v) is 6.08. The highest BCUT2D eigenvalue weighted by Crippen LogP contribution is 2.42. The fraction of sp³-hybridized carbons (Fsp3) is 0.571. The lowest BCUT2D eigenvalue weighted by Gasteiger charge is -2.37. The summed E-state index contributed by atoms with van der Waals surface area (Å²) in [4.78, 5) is 0. The molecular weight excluding hydrogens is 368 g/mol. The van der Waals surface area contributed by atoms with Gasteiger partial charge in [-0.05, 0) is 117 Å². The van der Waals surface area contributed by atoms with Gasteiger partial charge >= 0.3 is 0 Å². The van der Waals surface area contributed by atoms with E-state index in [1.807, 2.05) is 6.92 Å². The molecular formula is C28H42O2. The van der Waals surface area contributed by atoms with E-state index in [2.05, 4.69) is 52.8 Å². The number of hydrogen-bond acceptors (Lipinski definition) is 2. The maximum atomic E-state index is 10.3. The zero-order chi connectivity index (χ0) is 24.8. The van der Waals surface area contributed by atoms with Gasteiger partial charge in [0.05, 0.1) is 0 Å². The van der Waals surface area contributed by atoms with Gasteiger partial charge in [-0.2, -0.15) is 0 Å². The highest BCUT2D eigenvalue weighted by atomic mass is 16.5. The Morgan fingerprint density at radius 3 is 2.37 bits per heavy atom. The summed E-state index contributed by atoms with van der Waals surface area (Å²) in [6, 6.07) is 1.52. The first-order valence-electron chi connectivity index (χ1n) is 12.8. The van der Waals surface area contributed by atoms with E-state index in [9.17, 15) is 5.11 Å². The number of rotatable bonds is 9. The third kappa shape index (κ3) is 7.07. The molecule has 2 nitrogen and oxygen atoms in total. The van der Waals surface area contributed by atoms with E-state index in [-0.39, 0.29) is 16.9 Å². The zero-order valence-corrected chi connectivity index (χ0v) is 19.8. The summed E-state index contributed by atoms with van der Waals surface area (Å²) >= 11 is 0. The lowest BCUT2D eigenvalue weighted by atomic mass is 9.86.